The zero-order valence-corrected chi connectivity index (χ0v) is 15.9. The van der Waals surface area contributed by atoms with Crippen molar-refractivity contribution in [2.24, 2.45) is 0 Å². The number of rotatable bonds is 7. The number of hydrogen-bond donors (Lipinski definition) is 0. The molecule has 2 nitrogen and oxygen atoms in total. The van der Waals surface area contributed by atoms with E-state index in [2.05, 4.69) is 61.9 Å². The van der Waals surface area contributed by atoms with Gasteiger partial charge in [0, 0.05) is 5.33 Å². The van der Waals surface area contributed by atoms with Crippen LogP contribution in [0.2, 0.25) is 18.1 Å². The Bertz CT molecular complexity index is 413. The fraction of sp³-hybridized carbons (Fsp3) is 0.625. The summed E-state index contributed by atoms with van der Waals surface area (Å²) in [6, 6.07) is 8.28. The molecule has 0 atom stereocenters. The number of ether oxygens (including phenoxy) is 1. The number of hydrogen-bond acceptors (Lipinski definition) is 2. The van der Waals surface area contributed by atoms with Crippen LogP contribution in [-0.2, 0) is 10.8 Å². The molecule has 0 spiro atoms. The third-order valence-electron chi connectivity index (χ3n) is 3.90. The van der Waals surface area contributed by atoms with Crippen molar-refractivity contribution in [1.82, 2.24) is 0 Å². The first-order chi connectivity index (χ1) is 9.26. The monoisotopic (exact) mass is 358 g/mol. The highest BCUT2D eigenvalue weighted by Gasteiger charge is 2.36. The molecule has 0 aliphatic rings. The van der Waals surface area contributed by atoms with Crippen molar-refractivity contribution in [3.05, 3.63) is 29.8 Å². The Morgan fingerprint density at radius 2 is 1.85 bits per heavy atom. The van der Waals surface area contributed by atoms with E-state index in [0.717, 1.165) is 17.5 Å². The minimum absolute atomic E-state index is 0.253. The number of alkyl halides is 1. The van der Waals surface area contributed by atoms with Crippen LogP contribution in [0.5, 0.6) is 5.75 Å². The molecule has 0 fully saturated rings. The molecule has 0 saturated heterocycles. The number of halogens is 1. The maximum absolute atomic E-state index is 6.10. The average molecular weight is 359 g/mol. The van der Waals surface area contributed by atoms with Gasteiger partial charge in [-0.15, -0.1) is 0 Å². The second kappa shape index (κ2) is 7.62. The number of aryl methyl sites for hydroxylation is 1. The molecule has 0 heterocycles. The summed E-state index contributed by atoms with van der Waals surface area (Å²) in [7, 11) is -1.65. The van der Waals surface area contributed by atoms with Gasteiger partial charge in [-0.05, 0) is 42.2 Å². The van der Waals surface area contributed by atoms with Gasteiger partial charge in [-0.1, -0.05) is 48.8 Å². The molecule has 0 radical (unpaired) electrons. The second-order valence-electron chi connectivity index (χ2n) is 6.54. The van der Waals surface area contributed by atoms with Crippen LogP contribution in [0.1, 0.15) is 26.3 Å². The Hall–Kier alpha value is -0.323. The van der Waals surface area contributed by atoms with Gasteiger partial charge in [0.15, 0.2) is 8.32 Å². The van der Waals surface area contributed by atoms with Gasteiger partial charge < -0.3 is 9.16 Å². The van der Waals surface area contributed by atoms with Crippen LogP contribution < -0.4 is 4.74 Å². The summed E-state index contributed by atoms with van der Waals surface area (Å²) in [5, 5.41) is 1.23. The molecule has 1 aromatic carbocycles. The third-order valence-corrected chi connectivity index (χ3v) is 8.84. The lowest BCUT2D eigenvalue weighted by Crippen LogP contribution is -2.41. The van der Waals surface area contributed by atoms with Crippen molar-refractivity contribution in [1.29, 1.82) is 0 Å². The summed E-state index contributed by atoms with van der Waals surface area (Å²) in [6.07, 6.45) is 1.03. The van der Waals surface area contributed by atoms with Crippen LogP contribution >= 0.6 is 15.9 Å². The molecular formula is C16H27BrO2Si. The SMILES string of the molecule is CC(C)(C)[Si](C)(C)OCCOc1cccc(CCBr)c1. The van der Waals surface area contributed by atoms with E-state index in [0.29, 0.717) is 13.2 Å². The van der Waals surface area contributed by atoms with Crippen molar-refractivity contribution >= 4 is 24.2 Å². The summed E-state index contributed by atoms with van der Waals surface area (Å²) in [4.78, 5) is 0. The summed E-state index contributed by atoms with van der Waals surface area (Å²) in [5.74, 6) is 0.933. The summed E-state index contributed by atoms with van der Waals surface area (Å²) >= 11 is 3.46. The van der Waals surface area contributed by atoms with Gasteiger partial charge in [-0.2, -0.15) is 0 Å². The maximum atomic E-state index is 6.10. The molecule has 0 bridgehead atoms. The van der Waals surface area contributed by atoms with Crippen LogP contribution in [0.4, 0.5) is 0 Å². The van der Waals surface area contributed by atoms with Crippen molar-refractivity contribution in [3.8, 4) is 5.75 Å². The lowest BCUT2D eigenvalue weighted by Gasteiger charge is -2.36. The van der Waals surface area contributed by atoms with Gasteiger partial charge in [0.2, 0.25) is 0 Å². The van der Waals surface area contributed by atoms with E-state index in [9.17, 15) is 0 Å². The van der Waals surface area contributed by atoms with E-state index in [-0.39, 0.29) is 5.04 Å². The lowest BCUT2D eigenvalue weighted by molar-refractivity contribution is 0.203. The first-order valence-corrected chi connectivity index (χ1v) is 11.2. The summed E-state index contributed by atoms with van der Waals surface area (Å²) in [5.41, 5.74) is 1.30. The first kappa shape index (κ1) is 17.7. The normalized spacial score (nSPS) is 12.5. The minimum atomic E-state index is -1.65. The van der Waals surface area contributed by atoms with Gasteiger partial charge in [0.05, 0.1) is 6.61 Å². The fourth-order valence-corrected chi connectivity index (χ4v) is 3.06. The van der Waals surface area contributed by atoms with E-state index < -0.39 is 8.32 Å². The zero-order chi connectivity index (χ0) is 15.2. The molecule has 0 amide bonds. The van der Waals surface area contributed by atoms with Gasteiger partial charge in [-0.3, -0.25) is 0 Å². The molecule has 0 aromatic heterocycles. The van der Waals surface area contributed by atoms with Crippen LogP contribution in [-0.4, -0.2) is 26.9 Å². The highest BCUT2D eigenvalue weighted by molar-refractivity contribution is 9.09. The van der Waals surface area contributed by atoms with E-state index in [1.807, 2.05) is 12.1 Å². The molecule has 0 aliphatic heterocycles. The van der Waals surface area contributed by atoms with Crippen LogP contribution in [0.15, 0.2) is 24.3 Å². The molecule has 114 valence electrons. The summed E-state index contributed by atoms with van der Waals surface area (Å²) < 4.78 is 11.9. The van der Waals surface area contributed by atoms with E-state index in [4.69, 9.17) is 9.16 Å². The van der Waals surface area contributed by atoms with Gasteiger partial charge in [-0.25, -0.2) is 0 Å². The smallest absolute Gasteiger partial charge is 0.192 e. The predicted octanol–water partition coefficient (Wildman–Crippen LogP) is 5.02. The van der Waals surface area contributed by atoms with E-state index in [1.54, 1.807) is 0 Å². The first-order valence-electron chi connectivity index (χ1n) is 7.18. The highest BCUT2D eigenvalue weighted by atomic mass is 79.9. The van der Waals surface area contributed by atoms with E-state index >= 15 is 0 Å². The van der Waals surface area contributed by atoms with Crippen molar-refractivity contribution in [3.63, 3.8) is 0 Å². The highest BCUT2D eigenvalue weighted by Crippen LogP contribution is 2.36. The Labute approximate surface area is 133 Å². The Balaban J connectivity index is 2.40. The zero-order valence-electron chi connectivity index (χ0n) is 13.3. The van der Waals surface area contributed by atoms with Crippen LogP contribution in [0, 0.1) is 0 Å². The van der Waals surface area contributed by atoms with Gasteiger partial charge in [0.25, 0.3) is 0 Å². The molecule has 1 aromatic rings. The van der Waals surface area contributed by atoms with Gasteiger partial charge >= 0.3 is 0 Å². The molecule has 0 aliphatic carbocycles. The second-order valence-corrected chi connectivity index (χ2v) is 12.1. The summed E-state index contributed by atoms with van der Waals surface area (Å²) in [6.45, 7) is 12.6. The Morgan fingerprint density at radius 3 is 2.45 bits per heavy atom. The predicted molar refractivity (Wildman–Crippen MR) is 92.6 cm³/mol. The average Bonchev–Trinajstić information content (AvgIpc) is 2.34. The van der Waals surface area contributed by atoms with Crippen molar-refractivity contribution in [2.75, 3.05) is 18.5 Å². The molecule has 4 heteroatoms. The Kier molecular flexibility index (Phi) is 6.75. The fourth-order valence-electron chi connectivity index (χ4n) is 1.57. The molecule has 0 unspecified atom stereocenters. The van der Waals surface area contributed by atoms with E-state index in [1.165, 1.54) is 5.56 Å². The topological polar surface area (TPSA) is 18.5 Å². The molecule has 0 saturated carbocycles. The van der Waals surface area contributed by atoms with Crippen molar-refractivity contribution in [2.45, 2.75) is 45.3 Å². The van der Waals surface area contributed by atoms with Crippen LogP contribution in [0.3, 0.4) is 0 Å². The largest absolute Gasteiger partial charge is 0.491 e. The van der Waals surface area contributed by atoms with Crippen LogP contribution in [0.25, 0.3) is 0 Å². The number of benzene rings is 1. The minimum Gasteiger partial charge on any atom is -0.491 e. The molecule has 1 rings (SSSR count). The molecular weight excluding hydrogens is 332 g/mol. The van der Waals surface area contributed by atoms with Crippen molar-refractivity contribution < 1.29 is 9.16 Å². The third kappa shape index (κ3) is 5.58. The Morgan fingerprint density at radius 1 is 1.15 bits per heavy atom. The molecule has 20 heavy (non-hydrogen) atoms. The molecule has 0 N–H and O–H groups in total. The quantitative estimate of drug-likeness (QED) is 0.386. The lowest BCUT2D eigenvalue weighted by atomic mass is 10.2. The van der Waals surface area contributed by atoms with Gasteiger partial charge in [0.1, 0.15) is 12.4 Å². The maximum Gasteiger partial charge on any atom is 0.192 e. The standard InChI is InChI=1S/C16H27BrO2Si/c1-16(2,3)20(4,5)19-12-11-18-15-8-6-7-14(13-15)9-10-17/h6-8,13H,9-12H2,1-5H3.